The molecule has 2 bridgehead atoms. The summed E-state index contributed by atoms with van der Waals surface area (Å²) >= 11 is 0. The molecule has 172 valence electrons. The molecular weight excluding hydrogens is 440 g/mol. The van der Waals surface area contributed by atoms with Crippen molar-refractivity contribution in [1.29, 1.82) is 0 Å². The maximum absolute atomic E-state index is 13.9. The first kappa shape index (κ1) is 21.4. The lowest BCUT2D eigenvalue weighted by molar-refractivity contribution is 0.0387. The first-order valence-corrected chi connectivity index (χ1v) is 10.5. The van der Waals surface area contributed by atoms with E-state index in [1.54, 1.807) is 11.9 Å². The minimum atomic E-state index is -1.53. The number of ether oxygens (including phenoxy) is 1. The Morgan fingerprint density at radius 2 is 1.85 bits per heavy atom. The third-order valence-electron chi connectivity index (χ3n) is 6.41. The topological polar surface area (TPSA) is 60.2 Å². The lowest BCUT2D eigenvalue weighted by Crippen LogP contribution is -2.50. The molecule has 1 aromatic carbocycles. The van der Waals surface area contributed by atoms with Crippen molar-refractivity contribution in [2.24, 2.45) is 7.05 Å². The summed E-state index contributed by atoms with van der Waals surface area (Å²) in [7, 11) is 3.00. The molecule has 2 aromatic heterocycles. The molecule has 33 heavy (non-hydrogen) atoms. The van der Waals surface area contributed by atoms with Gasteiger partial charge >= 0.3 is 0 Å². The van der Waals surface area contributed by atoms with Gasteiger partial charge in [-0.15, -0.1) is 0 Å². The Hall–Kier alpha value is -3.43. The predicted octanol–water partition coefficient (Wildman–Crippen LogP) is 4.34. The second-order valence-corrected chi connectivity index (χ2v) is 8.32. The Balaban J connectivity index is 1.60. The Bertz CT molecular complexity index is 1250. The summed E-state index contributed by atoms with van der Waals surface area (Å²) in [5.41, 5.74) is 2.07. The number of benzene rings is 1. The van der Waals surface area contributed by atoms with Crippen LogP contribution in [0.15, 0.2) is 24.4 Å². The third-order valence-corrected chi connectivity index (χ3v) is 6.41. The number of halogens is 4. The number of nitrogens with zero attached hydrogens (tertiary/aromatic N) is 4. The van der Waals surface area contributed by atoms with Crippen LogP contribution in [0.1, 0.15) is 46.9 Å². The van der Waals surface area contributed by atoms with E-state index in [4.69, 9.17) is 4.74 Å². The molecule has 1 saturated heterocycles. The number of carbonyl (C=O) groups excluding carboxylic acids is 1. The Labute approximate surface area is 186 Å². The summed E-state index contributed by atoms with van der Waals surface area (Å²) in [4.78, 5) is 19.1. The first-order chi connectivity index (χ1) is 15.8. The Kier molecular flexibility index (Phi) is 5.10. The molecular formula is C23H20F4N4O2. The zero-order chi connectivity index (χ0) is 23.4. The molecule has 6 nitrogen and oxygen atoms in total. The van der Waals surface area contributed by atoms with Crippen LogP contribution in [-0.2, 0) is 13.5 Å². The molecule has 0 saturated carbocycles. The number of hydrogen-bond acceptors (Lipinski definition) is 4. The van der Waals surface area contributed by atoms with Crippen LogP contribution in [0.2, 0.25) is 0 Å². The van der Waals surface area contributed by atoms with Crippen LogP contribution in [-0.4, -0.2) is 38.7 Å². The van der Waals surface area contributed by atoms with Gasteiger partial charge in [-0.05, 0) is 43.9 Å². The van der Waals surface area contributed by atoms with Crippen molar-refractivity contribution >= 4 is 5.91 Å². The van der Waals surface area contributed by atoms with Gasteiger partial charge in [0, 0.05) is 24.2 Å². The number of aromatic nitrogens is 3. The number of carbonyl (C=O) groups is 1. The zero-order valence-corrected chi connectivity index (χ0v) is 17.9. The smallest absolute Gasteiger partial charge is 0.260 e. The molecule has 4 heterocycles. The Morgan fingerprint density at radius 1 is 1.12 bits per heavy atom. The van der Waals surface area contributed by atoms with Crippen molar-refractivity contribution < 1.29 is 27.1 Å². The van der Waals surface area contributed by atoms with Gasteiger partial charge in [-0.3, -0.25) is 9.48 Å². The number of amides is 1. The molecule has 2 aliphatic rings. The predicted molar refractivity (Wildman–Crippen MR) is 110 cm³/mol. The van der Waals surface area contributed by atoms with Gasteiger partial charge in [0.2, 0.25) is 5.88 Å². The molecule has 0 spiro atoms. The summed E-state index contributed by atoms with van der Waals surface area (Å²) in [5, 5.41) is 4.58. The summed E-state index contributed by atoms with van der Waals surface area (Å²) < 4.78 is 62.0. The number of methoxy groups -OCH3 is 1. The molecule has 1 amide bonds. The number of pyridine rings is 1. The molecule has 10 heteroatoms. The maximum atomic E-state index is 13.9. The van der Waals surface area contributed by atoms with E-state index in [1.165, 1.54) is 11.8 Å². The largest absolute Gasteiger partial charge is 0.480 e. The lowest BCUT2D eigenvalue weighted by Gasteiger charge is -2.45. The molecule has 1 fully saturated rings. The molecule has 3 aromatic rings. The highest BCUT2D eigenvalue weighted by Gasteiger charge is 2.44. The summed E-state index contributed by atoms with van der Waals surface area (Å²) in [6, 6.07) is 2.38. The van der Waals surface area contributed by atoms with Gasteiger partial charge < -0.3 is 9.64 Å². The van der Waals surface area contributed by atoms with Crippen LogP contribution in [0.25, 0.3) is 11.3 Å². The molecule has 2 atom stereocenters. The highest BCUT2D eigenvalue weighted by atomic mass is 19.2. The molecule has 0 aliphatic carbocycles. The fourth-order valence-electron chi connectivity index (χ4n) is 5.08. The molecule has 2 aliphatic heterocycles. The summed E-state index contributed by atoms with van der Waals surface area (Å²) in [5.74, 6) is -5.12. The van der Waals surface area contributed by atoms with Crippen molar-refractivity contribution in [3.05, 3.63) is 64.5 Å². The number of hydrogen-bond donors (Lipinski definition) is 0. The second kappa shape index (κ2) is 7.86. The van der Waals surface area contributed by atoms with Crippen molar-refractivity contribution in [1.82, 2.24) is 19.7 Å². The van der Waals surface area contributed by atoms with Crippen LogP contribution in [0.4, 0.5) is 17.6 Å². The van der Waals surface area contributed by atoms with E-state index in [0.717, 1.165) is 36.4 Å². The quantitative estimate of drug-likeness (QED) is 0.431. The van der Waals surface area contributed by atoms with Gasteiger partial charge in [0.05, 0.1) is 30.7 Å². The number of fused-ring (bicyclic) bond motifs is 4. The van der Waals surface area contributed by atoms with E-state index < -0.39 is 35.2 Å². The standard InChI is InChI=1S/C23H20F4N4O2/c1-30-21(11-6-16(25)19(27)17(26)7-11)14-9-13-4-3-5-18(20(14)29-30)31(13)23(32)15-8-12(24)10-28-22(15)33-2/h6-8,10,13,18H,3-5,9H2,1-2H3/t13-,18+/m0/s1. The fraction of sp³-hybridized carbons (Fsp3) is 0.348. The summed E-state index contributed by atoms with van der Waals surface area (Å²) in [6.07, 6.45) is 3.57. The molecule has 5 rings (SSSR count). The first-order valence-electron chi connectivity index (χ1n) is 10.5. The second-order valence-electron chi connectivity index (χ2n) is 8.32. The Morgan fingerprint density at radius 3 is 2.55 bits per heavy atom. The van der Waals surface area contributed by atoms with Gasteiger partial charge in [0.15, 0.2) is 17.5 Å². The van der Waals surface area contributed by atoms with Crippen molar-refractivity contribution in [2.75, 3.05) is 7.11 Å². The molecule has 0 unspecified atom stereocenters. The van der Waals surface area contributed by atoms with Gasteiger partial charge in [-0.2, -0.15) is 5.10 Å². The minimum absolute atomic E-state index is 0.0247. The van der Waals surface area contributed by atoms with Crippen molar-refractivity contribution in [3.8, 4) is 17.1 Å². The van der Waals surface area contributed by atoms with E-state index in [0.29, 0.717) is 30.7 Å². The summed E-state index contributed by atoms with van der Waals surface area (Å²) in [6.45, 7) is 0. The number of rotatable bonds is 3. The van der Waals surface area contributed by atoms with E-state index in [2.05, 4.69) is 10.1 Å². The van der Waals surface area contributed by atoms with Gasteiger partial charge in [-0.1, -0.05) is 0 Å². The maximum Gasteiger partial charge on any atom is 0.260 e. The number of aryl methyl sites for hydroxylation is 1. The van der Waals surface area contributed by atoms with E-state index in [1.807, 2.05) is 0 Å². The minimum Gasteiger partial charge on any atom is -0.480 e. The average Bonchev–Trinajstić information content (AvgIpc) is 3.11. The van der Waals surface area contributed by atoms with Crippen molar-refractivity contribution in [2.45, 2.75) is 37.8 Å². The average molecular weight is 460 g/mol. The van der Waals surface area contributed by atoms with E-state index in [9.17, 15) is 22.4 Å². The highest BCUT2D eigenvalue weighted by Crippen LogP contribution is 2.45. The zero-order valence-electron chi connectivity index (χ0n) is 17.9. The van der Waals surface area contributed by atoms with Crippen LogP contribution >= 0.6 is 0 Å². The van der Waals surface area contributed by atoms with E-state index >= 15 is 0 Å². The van der Waals surface area contributed by atoms with Gasteiger partial charge in [0.25, 0.3) is 5.91 Å². The third kappa shape index (κ3) is 3.35. The number of piperidine rings is 1. The SMILES string of the molecule is COc1ncc(F)cc1C(=O)N1[C@H]2CCC[C@@H]1c1nn(C)c(-c3cc(F)c(F)c(F)c3)c1C2. The van der Waals surface area contributed by atoms with Crippen molar-refractivity contribution in [3.63, 3.8) is 0 Å². The van der Waals surface area contributed by atoms with Crippen LogP contribution in [0, 0.1) is 23.3 Å². The van der Waals surface area contributed by atoms with Crippen LogP contribution in [0.3, 0.4) is 0 Å². The molecule has 0 radical (unpaired) electrons. The lowest BCUT2D eigenvalue weighted by atomic mass is 9.81. The van der Waals surface area contributed by atoms with Gasteiger partial charge in [-0.25, -0.2) is 22.5 Å². The van der Waals surface area contributed by atoms with Crippen LogP contribution < -0.4 is 4.74 Å². The fourth-order valence-corrected chi connectivity index (χ4v) is 5.08. The van der Waals surface area contributed by atoms with Crippen LogP contribution in [0.5, 0.6) is 5.88 Å². The van der Waals surface area contributed by atoms with Gasteiger partial charge in [0.1, 0.15) is 11.4 Å². The monoisotopic (exact) mass is 460 g/mol. The highest BCUT2D eigenvalue weighted by molar-refractivity contribution is 5.97. The normalized spacial score (nSPS) is 19.4. The van der Waals surface area contributed by atoms with E-state index in [-0.39, 0.29) is 23.0 Å². The molecule has 0 N–H and O–H groups in total.